The van der Waals surface area contributed by atoms with Crippen molar-refractivity contribution in [3.63, 3.8) is 0 Å². The summed E-state index contributed by atoms with van der Waals surface area (Å²) >= 11 is 11.7. The van der Waals surface area contributed by atoms with Crippen LogP contribution in [0.25, 0.3) is 0 Å². The highest BCUT2D eigenvalue weighted by molar-refractivity contribution is 6.36. The molecule has 0 aliphatic carbocycles. The molecule has 110 valence electrons. The van der Waals surface area contributed by atoms with E-state index in [1.54, 1.807) is 18.2 Å². The lowest BCUT2D eigenvalue weighted by molar-refractivity contribution is 0.102. The van der Waals surface area contributed by atoms with E-state index >= 15 is 0 Å². The van der Waals surface area contributed by atoms with E-state index in [2.05, 4.69) is 10.3 Å². The number of halogens is 2. The van der Waals surface area contributed by atoms with Crippen LogP contribution in [0.2, 0.25) is 10.2 Å². The van der Waals surface area contributed by atoms with Crippen molar-refractivity contribution in [3.8, 4) is 11.5 Å². The number of nitrogens with zero attached hydrogens (tertiary/aromatic N) is 1. The molecule has 0 saturated heterocycles. The Balaban J connectivity index is 2.30. The molecule has 21 heavy (non-hydrogen) atoms. The fourth-order valence-corrected chi connectivity index (χ4v) is 2.13. The third kappa shape index (κ3) is 3.56. The Morgan fingerprint density at radius 2 is 1.95 bits per heavy atom. The molecule has 1 aromatic carbocycles. The average Bonchev–Trinajstić information content (AvgIpc) is 2.46. The third-order valence-corrected chi connectivity index (χ3v) is 3.24. The van der Waals surface area contributed by atoms with Crippen LogP contribution in [0.4, 0.5) is 5.69 Å². The highest BCUT2D eigenvalue weighted by Gasteiger charge is 2.14. The van der Waals surface area contributed by atoms with E-state index in [9.17, 15) is 4.79 Å². The monoisotopic (exact) mass is 326 g/mol. The van der Waals surface area contributed by atoms with Gasteiger partial charge in [0.1, 0.15) is 16.7 Å². The normalized spacial score (nSPS) is 10.1. The number of rotatable bonds is 4. The van der Waals surface area contributed by atoms with Gasteiger partial charge in [-0.05, 0) is 18.2 Å². The second-order valence-corrected chi connectivity index (χ2v) is 4.80. The minimum absolute atomic E-state index is 0.214. The van der Waals surface area contributed by atoms with Gasteiger partial charge in [-0.1, -0.05) is 23.2 Å². The summed E-state index contributed by atoms with van der Waals surface area (Å²) in [5.74, 6) is 0.671. The number of methoxy groups -OCH3 is 2. The number of pyridine rings is 1. The zero-order chi connectivity index (χ0) is 15.4. The maximum atomic E-state index is 12.2. The molecular weight excluding hydrogens is 315 g/mol. The van der Waals surface area contributed by atoms with E-state index in [-0.39, 0.29) is 15.7 Å². The van der Waals surface area contributed by atoms with Gasteiger partial charge in [0.05, 0.1) is 30.5 Å². The van der Waals surface area contributed by atoms with Gasteiger partial charge in [0.25, 0.3) is 5.91 Å². The first kappa shape index (κ1) is 15.4. The molecule has 1 amide bonds. The SMILES string of the molecule is COc1ccc(OC)c(NC(=O)c2cnc(Cl)cc2Cl)c1. The molecule has 7 heteroatoms. The standard InChI is InChI=1S/C14H12Cl2N2O3/c1-20-8-3-4-12(21-2)11(5-8)18-14(19)9-7-17-13(16)6-10(9)15/h3-7H,1-2H3,(H,18,19). The Hall–Kier alpha value is -1.98. The minimum Gasteiger partial charge on any atom is -0.497 e. The Morgan fingerprint density at radius 1 is 1.19 bits per heavy atom. The van der Waals surface area contributed by atoms with Crippen molar-refractivity contribution < 1.29 is 14.3 Å². The van der Waals surface area contributed by atoms with Crippen molar-refractivity contribution >= 4 is 34.8 Å². The lowest BCUT2D eigenvalue weighted by atomic mass is 10.2. The largest absolute Gasteiger partial charge is 0.497 e. The van der Waals surface area contributed by atoms with E-state index in [1.165, 1.54) is 26.5 Å². The summed E-state index contributed by atoms with van der Waals surface area (Å²) in [4.78, 5) is 16.1. The van der Waals surface area contributed by atoms with Gasteiger partial charge < -0.3 is 14.8 Å². The first-order chi connectivity index (χ1) is 10.0. The zero-order valence-corrected chi connectivity index (χ0v) is 12.8. The van der Waals surface area contributed by atoms with Crippen LogP contribution in [0.15, 0.2) is 30.5 Å². The molecular formula is C14H12Cl2N2O3. The molecule has 5 nitrogen and oxygen atoms in total. The van der Waals surface area contributed by atoms with Crippen LogP contribution in [0, 0.1) is 0 Å². The first-order valence-corrected chi connectivity index (χ1v) is 6.65. The van der Waals surface area contributed by atoms with Crippen LogP contribution >= 0.6 is 23.2 Å². The van der Waals surface area contributed by atoms with Gasteiger partial charge >= 0.3 is 0 Å². The quantitative estimate of drug-likeness (QED) is 0.871. The molecule has 0 aliphatic rings. The lowest BCUT2D eigenvalue weighted by Gasteiger charge is -2.12. The maximum absolute atomic E-state index is 12.2. The molecule has 0 fully saturated rings. The molecule has 0 bridgehead atoms. The Morgan fingerprint density at radius 3 is 2.57 bits per heavy atom. The molecule has 1 heterocycles. The summed E-state index contributed by atoms with van der Waals surface area (Å²) in [7, 11) is 3.04. The minimum atomic E-state index is -0.421. The molecule has 0 saturated carbocycles. The number of hydrogen-bond donors (Lipinski definition) is 1. The number of hydrogen-bond acceptors (Lipinski definition) is 4. The maximum Gasteiger partial charge on any atom is 0.258 e. The molecule has 0 spiro atoms. The Bertz CT molecular complexity index is 677. The predicted octanol–water partition coefficient (Wildman–Crippen LogP) is 3.66. The van der Waals surface area contributed by atoms with Gasteiger partial charge in [-0.2, -0.15) is 0 Å². The van der Waals surface area contributed by atoms with Gasteiger partial charge in [-0.3, -0.25) is 4.79 Å². The molecule has 0 radical (unpaired) electrons. The fraction of sp³-hybridized carbons (Fsp3) is 0.143. The average molecular weight is 327 g/mol. The molecule has 2 rings (SSSR count). The lowest BCUT2D eigenvalue weighted by Crippen LogP contribution is -2.13. The van der Waals surface area contributed by atoms with Gasteiger partial charge in [0.15, 0.2) is 0 Å². The van der Waals surface area contributed by atoms with E-state index in [0.717, 1.165) is 0 Å². The Labute approximate surface area is 131 Å². The number of carbonyl (C=O) groups excluding carboxylic acids is 1. The molecule has 0 unspecified atom stereocenters. The van der Waals surface area contributed by atoms with Gasteiger partial charge in [-0.25, -0.2) is 4.98 Å². The zero-order valence-electron chi connectivity index (χ0n) is 11.3. The predicted molar refractivity (Wildman–Crippen MR) is 81.8 cm³/mol. The van der Waals surface area contributed by atoms with E-state index in [0.29, 0.717) is 17.2 Å². The number of carbonyl (C=O) groups is 1. The highest BCUT2D eigenvalue weighted by atomic mass is 35.5. The summed E-state index contributed by atoms with van der Waals surface area (Å²) in [5, 5.41) is 3.14. The van der Waals surface area contributed by atoms with Crippen LogP contribution < -0.4 is 14.8 Å². The molecule has 1 N–H and O–H groups in total. The summed E-state index contributed by atoms with van der Waals surface area (Å²) in [6.07, 6.45) is 1.31. The van der Waals surface area contributed by atoms with Crippen LogP contribution in [0.5, 0.6) is 11.5 Å². The van der Waals surface area contributed by atoms with Gasteiger partial charge in [0.2, 0.25) is 0 Å². The van der Waals surface area contributed by atoms with Crippen molar-refractivity contribution in [2.75, 3.05) is 19.5 Å². The van der Waals surface area contributed by atoms with E-state index in [1.807, 2.05) is 0 Å². The van der Waals surface area contributed by atoms with Crippen LogP contribution in [-0.2, 0) is 0 Å². The molecule has 0 atom stereocenters. The second kappa shape index (κ2) is 6.65. The fourth-order valence-electron chi connectivity index (χ4n) is 1.68. The molecule has 0 aliphatic heterocycles. The van der Waals surface area contributed by atoms with E-state index in [4.69, 9.17) is 32.7 Å². The number of benzene rings is 1. The van der Waals surface area contributed by atoms with Crippen molar-refractivity contribution in [1.29, 1.82) is 0 Å². The molecule has 1 aromatic heterocycles. The van der Waals surface area contributed by atoms with Crippen molar-refractivity contribution in [2.45, 2.75) is 0 Å². The Kier molecular flexibility index (Phi) is 4.88. The van der Waals surface area contributed by atoms with Crippen molar-refractivity contribution in [3.05, 3.63) is 46.2 Å². The van der Waals surface area contributed by atoms with E-state index < -0.39 is 5.91 Å². The molecule has 2 aromatic rings. The van der Waals surface area contributed by atoms with Crippen molar-refractivity contribution in [2.24, 2.45) is 0 Å². The number of anilines is 1. The number of aromatic nitrogens is 1. The second-order valence-electron chi connectivity index (χ2n) is 4.01. The smallest absolute Gasteiger partial charge is 0.258 e. The summed E-state index contributed by atoms with van der Waals surface area (Å²) in [5.41, 5.74) is 0.679. The number of nitrogens with one attached hydrogen (secondary N) is 1. The van der Waals surface area contributed by atoms with Crippen LogP contribution in [-0.4, -0.2) is 25.1 Å². The van der Waals surface area contributed by atoms with Crippen LogP contribution in [0.3, 0.4) is 0 Å². The van der Waals surface area contributed by atoms with Gasteiger partial charge in [0, 0.05) is 12.3 Å². The van der Waals surface area contributed by atoms with Crippen molar-refractivity contribution in [1.82, 2.24) is 4.98 Å². The number of amides is 1. The summed E-state index contributed by atoms with van der Waals surface area (Å²) in [6.45, 7) is 0. The number of ether oxygens (including phenoxy) is 2. The summed E-state index contributed by atoms with van der Waals surface area (Å²) < 4.78 is 10.3. The van der Waals surface area contributed by atoms with Gasteiger partial charge in [-0.15, -0.1) is 0 Å². The van der Waals surface area contributed by atoms with Crippen LogP contribution in [0.1, 0.15) is 10.4 Å². The highest BCUT2D eigenvalue weighted by Crippen LogP contribution is 2.30. The third-order valence-electron chi connectivity index (χ3n) is 2.72. The topological polar surface area (TPSA) is 60.5 Å². The first-order valence-electron chi connectivity index (χ1n) is 5.89. The summed E-state index contributed by atoms with van der Waals surface area (Å²) in [6, 6.07) is 6.47.